The van der Waals surface area contributed by atoms with Gasteiger partial charge in [0, 0.05) is 30.4 Å². The lowest BCUT2D eigenvalue weighted by atomic mass is 9.79. The molecule has 3 heterocycles. The largest absolute Gasteiger partial charge is 0.384 e. The third kappa shape index (κ3) is 1.56. The predicted molar refractivity (Wildman–Crippen MR) is 80.5 cm³/mol. The lowest BCUT2D eigenvalue weighted by molar-refractivity contribution is 0.00350. The topological polar surface area (TPSA) is 35.5 Å². The number of fused-ring (bicyclic) bond motifs is 4. The summed E-state index contributed by atoms with van der Waals surface area (Å²) in [4.78, 5) is 2.41. The van der Waals surface area contributed by atoms with Crippen LogP contribution in [0, 0.1) is 0 Å². The highest BCUT2D eigenvalue weighted by Gasteiger charge is 2.45. The van der Waals surface area contributed by atoms with Crippen LogP contribution in [0.3, 0.4) is 0 Å². The average molecular weight is 270 g/mol. The van der Waals surface area contributed by atoms with Gasteiger partial charge in [-0.1, -0.05) is 25.1 Å². The predicted octanol–water partition coefficient (Wildman–Crippen LogP) is 3.05. The highest BCUT2D eigenvalue weighted by molar-refractivity contribution is 5.67. The number of aliphatic hydroxyl groups is 1. The Morgan fingerprint density at radius 3 is 3.05 bits per heavy atom. The summed E-state index contributed by atoms with van der Waals surface area (Å²) in [5, 5.41) is 14.7. The molecule has 2 N–H and O–H groups in total. The first kappa shape index (κ1) is 12.3. The summed E-state index contributed by atoms with van der Waals surface area (Å²) in [5.41, 5.74) is 4.44. The summed E-state index contributed by atoms with van der Waals surface area (Å²) >= 11 is 0. The van der Waals surface area contributed by atoms with Crippen LogP contribution in [0.4, 0.5) is 5.69 Å². The molecule has 0 amide bonds. The van der Waals surface area contributed by atoms with Gasteiger partial charge in [-0.3, -0.25) is 0 Å². The van der Waals surface area contributed by atoms with Gasteiger partial charge in [0.2, 0.25) is 0 Å². The molecule has 0 saturated carbocycles. The zero-order chi connectivity index (χ0) is 13.7. The van der Waals surface area contributed by atoms with Crippen molar-refractivity contribution in [2.75, 3.05) is 18.4 Å². The molecule has 1 aromatic carbocycles. The summed E-state index contributed by atoms with van der Waals surface area (Å²) in [5.74, 6) is 0.452. The van der Waals surface area contributed by atoms with Gasteiger partial charge >= 0.3 is 0 Å². The van der Waals surface area contributed by atoms with E-state index < -0.39 is 5.60 Å². The van der Waals surface area contributed by atoms with Crippen molar-refractivity contribution in [1.82, 2.24) is 4.90 Å². The first-order chi connectivity index (χ1) is 9.73. The minimum atomic E-state index is -0.638. The van der Waals surface area contributed by atoms with Crippen LogP contribution >= 0.6 is 0 Å². The minimum Gasteiger partial charge on any atom is -0.384 e. The van der Waals surface area contributed by atoms with Crippen molar-refractivity contribution in [3.63, 3.8) is 0 Å². The van der Waals surface area contributed by atoms with Crippen LogP contribution in [0.1, 0.15) is 44.1 Å². The van der Waals surface area contributed by atoms with Crippen molar-refractivity contribution in [2.45, 2.75) is 44.1 Å². The van der Waals surface area contributed by atoms with E-state index in [1.54, 1.807) is 0 Å². The van der Waals surface area contributed by atoms with Gasteiger partial charge in [0.05, 0.1) is 5.70 Å². The van der Waals surface area contributed by atoms with Crippen LogP contribution in [-0.4, -0.2) is 28.7 Å². The van der Waals surface area contributed by atoms with Crippen molar-refractivity contribution in [2.24, 2.45) is 0 Å². The lowest BCUT2D eigenvalue weighted by Gasteiger charge is -2.47. The Hall–Kier alpha value is -1.48. The SMILES string of the molecule is CC[C@]1(O)CCCN2CCC3C(=C21)Nc1ccccc13. The number of nitrogens with one attached hydrogen (secondary N) is 1. The van der Waals surface area contributed by atoms with E-state index in [2.05, 4.69) is 41.4 Å². The second-order valence-electron chi connectivity index (χ2n) is 6.29. The molecule has 1 saturated heterocycles. The van der Waals surface area contributed by atoms with E-state index in [0.29, 0.717) is 5.92 Å². The molecular formula is C17H22N2O. The van der Waals surface area contributed by atoms with Crippen LogP contribution in [0.25, 0.3) is 0 Å². The highest BCUT2D eigenvalue weighted by atomic mass is 16.3. The second kappa shape index (κ2) is 4.26. The Labute approximate surface area is 120 Å². The molecule has 1 unspecified atom stereocenters. The number of rotatable bonds is 1. The monoisotopic (exact) mass is 270 g/mol. The zero-order valence-corrected chi connectivity index (χ0v) is 12.0. The van der Waals surface area contributed by atoms with E-state index in [1.165, 1.54) is 22.6 Å². The average Bonchev–Trinajstić information content (AvgIpc) is 2.85. The van der Waals surface area contributed by atoms with Crippen molar-refractivity contribution < 1.29 is 5.11 Å². The van der Waals surface area contributed by atoms with Gasteiger partial charge in [0.15, 0.2) is 0 Å². The molecule has 106 valence electrons. The number of allylic oxidation sites excluding steroid dienone is 1. The second-order valence-corrected chi connectivity index (χ2v) is 6.29. The fourth-order valence-electron chi connectivity index (χ4n) is 4.19. The lowest BCUT2D eigenvalue weighted by Crippen LogP contribution is -2.49. The number of hydrogen-bond acceptors (Lipinski definition) is 3. The third-order valence-corrected chi connectivity index (χ3v) is 5.26. The number of para-hydroxylation sites is 1. The molecule has 0 spiro atoms. The molecule has 3 nitrogen and oxygen atoms in total. The van der Waals surface area contributed by atoms with Crippen LogP contribution in [0.5, 0.6) is 0 Å². The molecule has 0 radical (unpaired) electrons. The fraction of sp³-hybridized carbons (Fsp3) is 0.529. The van der Waals surface area contributed by atoms with E-state index in [4.69, 9.17) is 0 Å². The first-order valence-electron chi connectivity index (χ1n) is 7.81. The van der Waals surface area contributed by atoms with Crippen molar-refractivity contribution >= 4 is 5.69 Å². The van der Waals surface area contributed by atoms with Gasteiger partial charge in [-0.05, 0) is 37.3 Å². The van der Waals surface area contributed by atoms with Gasteiger partial charge < -0.3 is 15.3 Å². The number of anilines is 1. The molecule has 4 rings (SSSR count). The van der Waals surface area contributed by atoms with Gasteiger partial charge in [0.25, 0.3) is 0 Å². The summed E-state index contributed by atoms with van der Waals surface area (Å²) in [6.07, 6.45) is 3.94. The Bertz CT molecular complexity index is 580. The van der Waals surface area contributed by atoms with Crippen LogP contribution < -0.4 is 5.32 Å². The van der Waals surface area contributed by atoms with E-state index in [1.807, 2.05) is 0 Å². The maximum absolute atomic E-state index is 11.1. The molecule has 3 heteroatoms. The molecule has 1 fully saturated rings. The number of hydrogen-bond donors (Lipinski definition) is 2. The van der Waals surface area contributed by atoms with Gasteiger partial charge in [0.1, 0.15) is 5.60 Å². The summed E-state index contributed by atoms with van der Waals surface area (Å²) in [7, 11) is 0. The van der Waals surface area contributed by atoms with Crippen molar-refractivity contribution in [1.29, 1.82) is 0 Å². The Kier molecular flexibility index (Phi) is 2.61. The van der Waals surface area contributed by atoms with Crippen LogP contribution in [-0.2, 0) is 0 Å². The number of nitrogens with zero attached hydrogens (tertiary/aromatic N) is 1. The molecule has 1 aromatic rings. The summed E-state index contributed by atoms with van der Waals surface area (Å²) in [6, 6.07) is 8.58. The molecule has 2 atom stereocenters. The normalized spacial score (nSPS) is 31.5. The summed E-state index contributed by atoms with van der Waals surface area (Å²) < 4.78 is 0. The smallest absolute Gasteiger partial charge is 0.106 e. The molecule has 3 aliphatic rings. The highest BCUT2D eigenvalue weighted by Crippen LogP contribution is 2.49. The van der Waals surface area contributed by atoms with Gasteiger partial charge in [-0.15, -0.1) is 0 Å². The number of piperidine rings is 1. The summed E-state index contributed by atoms with van der Waals surface area (Å²) in [6.45, 7) is 4.26. The van der Waals surface area contributed by atoms with Crippen LogP contribution in [0.2, 0.25) is 0 Å². The Morgan fingerprint density at radius 1 is 1.35 bits per heavy atom. The molecular weight excluding hydrogens is 248 g/mol. The van der Waals surface area contributed by atoms with E-state index in [0.717, 1.165) is 38.8 Å². The third-order valence-electron chi connectivity index (χ3n) is 5.26. The minimum absolute atomic E-state index is 0.452. The zero-order valence-electron chi connectivity index (χ0n) is 12.0. The standard InChI is InChI=1S/C17H22N2O/c1-2-17(20)9-5-10-19-11-8-13-12-6-3-4-7-14(12)18-15(13)16(17)19/h3-4,6-7,13,18,20H,2,5,8-11H2,1H3/t13?,17-/m0/s1. The Balaban J connectivity index is 1.86. The molecule has 0 bridgehead atoms. The maximum atomic E-state index is 11.1. The van der Waals surface area contributed by atoms with Crippen LogP contribution in [0.15, 0.2) is 35.7 Å². The molecule has 3 aliphatic heterocycles. The van der Waals surface area contributed by atoms with E-state index >= 15 is 0 Å². The molecule has 20 heavy (non-hydrogen) atoms. The fourth-order valence-corrected chi connectivity index (χ4v) is 4.19. The number of benzene rings is 1. The first-order valence-corrected chi connectivity index (χ1v) is 7.81. The molecule has 0 aliphatic carbocycles. The Morgan fingerprint density at radius 2 is 2.20 bits per heavy atom. The maximum Gasteiger partial charge on any atom is 0.106 e. The van der Waals surface area contributed by atoms with Gasteiger partial charge in [-0.2, -0.15) is 0 Å². The van der Waals surface area contributed by atoms with E-state index in [-0.39, 0.29) is 0 Å². The quantitative estimate of drug-likeness (QED) is 0.823. The van der Waals surface area contributed by atoms with Crippen molar-refractivity contribution in [3.05, 3.63) is 41.2 Å². The molecule has 0 aromatic heterocycles. The van der Waals surface area contributed by atoms with Crippen molar-refractivity contribution in [3.8, 4) is 0 Å². The van der Waals surface area contributed by atoms with Gasteiger partial charge in [-0.25, -0.2) is 0 Å². The van der Waals surface area contributed by atoms with E-state index in [9.17, 15) is 5.11 Å².